The molecule has 47 heavy (non-hydrogen) atoms. The summed E-state index contributed by atoms with van der Waals surface area (Å²) in [7, 11) is 2.05. The van der Waals surface area contributed by atoms with Crippen LogP contribution < -0.4 is 24.4 Å². The first-order valence-corrected chi connectivity index (χ1v) is 16.2. The predicted molar refractivity (Wildman–Crippen MR) is 171 cm³/mol. The number of carbonyl (C=O) groups is 1. The van der Waals surface area contributed by atoms with Gasteiger partial charge in [-0.2, -0.15) is 28.2 Å². The highest BCUT2D eigenvalue weighted by atomic mass is 35.5. The normalized spacial score (nSPS) is 18.5. The van der Waals surface area contributed by atoms with E-state index in [1.54, 1.807) is 6.20 Å². The Morgan fingerprint density at radius 1 is 0.979 bits per heavy atom. The molecule has 1 aliphatic carbocycles. The summed E-state index contributed by atoms with van der Waals surface area (Å²) in [5, 5.41) is 10.9. The molecule has 0 spiro atoms. The van der Waals surface area contributed by atoms with Crippen molar-refractivity contribution in [1.29, 1.82) is 0 Å². The van der Waals surface area contributed by atoms with E-state index in [1.807, 2.05) is 31.0 Å². The molecule has 0 radical (unpaired) electrons. The average molecular weight is 674 g/mol. The van der Waals surface area contributed by atoms with E-state index in [0.717, 1.165) is 50.8 Å². The van der Waals surface area contributed by atoms with Gasteiger partial charge < -0.3 is 29.3 Å². The highest BCUT2D eigenvalue weighted by Gasteiger charge is 2.43. The number of hydrogen-bond donors (Lipinski definition) is 2. The molecule has 3 fully saturated rings. The van der Waals surface area contributed by atoms with Crippen LogP contribution in [0.2, 0.25) is 5.02 Å². The van der Waals surface area contributed by atoms with Gasteiger partial charge in [0.05, 0.1) is 28.2 Å². The number of piperazine rings is 1. The molecule has 11 nitrogen and oxygen atoms in total. The number of piperidine rings is 1. The number of aromatic nitrogens is 4. The third-order valence-corrected chi connectivity index (χ3v) is 9.52. The molecule has 7 rings (SSSR count). The van der Waals surface area contributed by atoms with Gasteiger partial charge in [-0.25, -0.2) is 4.79 Å². The standard InChI is InChI=1S/C32H35ClF3N7O4/c1-17-6-7-21-20(16-38-41-21)22(17)23-25(33)27(47-30(44)32(34,35)36)24-26(28(23)45-18-4-3-5-18)39-31(46-19-8-12-42(2)13-9-19)40-29(24)43-14-10-37-11-15-43/h6-7,16,18-19,37H,3-5,8-15H2,1-2H3,(H,38,41). The Hall–Kier alpha value is -3.88. The van der Waals surface area contributed by atoms with E-state index in [-0.39, 0.29) is 51.3 Å². The minimum absolute atomic E-state index is 0.0559. The van der Waals surface area contributed by atoms with Crippen LogP contribution in [0.3, 0.4) is 0 Å². The van der Waals surface area contributed by atoms with Gasteiger partial charge in [0.2, 0.25) is 0 Å². The van der Waals surface area contributed by atoms with Crippen LogP contribution in [0.1, 0.15) is 37.7 Å². The molecule has 15 heteroatoms. The zero-order chi connectivity index (χ0) is 32.9. The van der Waals surface area contributed by atoms with E-state index >= 15 is 0 Å². The molecule has 0 unspecified atom stereocenters. The van der Waals surface area contributed by atoms with Gasteiger partial charge >= 0.3 is 18.2 Å². The van der Waals surface area contributed by atoms with Crippen molar-refractivity contribution < 1.29 is 32.2 Å². The van der Waals surface area contributed by atoms with Crippen LogP contribution in [0.15, 0.2) is 18.3 Å². The molecule has 2 aliphatic heterocycles. The number of halogens is 4. The van der Waals surface area contributed by atoms with Gasteiger partial charge in [-0.15, -0.1) is 0 Å². The zero-order valence-electron chi connectivity index (χ0n) is 26.0. The van der Waals surface area contributed by atoms with Crippen molar-refractivity contribution in [2.75, 3.05) is 51.2 Å². The highest BCUT2D eigenvalue weighted by Crippen LogP contribution is 2.54. The van der Waals surface area contributed by atoms with Crippen LogP contribution in [0.5, 0.6) is 17.5 Å². The van der Waals surface area contributed by atoms with Crippen LogP contribution in [0, 0.1) is 6.92 Å². The van der Waals surface area contributed by atoms with E-state index in [0.29, 0.717) is 42.6 Å². The van der Waals surface area contributed by atoms with Gasteiger partial charge in [-0.3, -0.25) is 5.10 Å². The molecule has 3 aliphatic rings. The summed E-state index contributed by atoms with van der Waals surface area (Å²) in [6.45, 7) is 5.71. The molecule has 4 heterocycles. The van der Waals surface area contributed by atoms with Crippen molar-refractivity contribution in [2.45, 2.75) is 57.4 Å². The summed E-state index contributed by atoms with van der Waals surface area (Å²) < 4.78 is 59.7. The quantitative estimate of drug-likeness (QED) is 0.195. The van der Waals surface area contributed by atoms with E-state index in [4.69, 9.17) is 35.8 Å². The van der Waals surface area contributed by atoms with Crippen molar-refractivity contribution in [3.8, 4) is 28.6 Å². The number of fused-ring (bicyclic) bond motifs is 2. The Morgan fingerprint density at radius 3 is 2.38 bits per heavy atom. The van der Waals surface area contributed by atoms with Crippen LogP contribution >= 0.6 is 11.6 Å². The first-order chi connectivity index (χ1) is 22.6. The molecule has 0 amide bonds. The maximum Gasteiger partial charge on any atom is 0.491 e. The molecule has 0 atom stereocenters. The number of alkyl halides is 3. The van der Waals surface area contributed by atoms with Crippen molar-refractivity contribution in [1.82, 2.24) is 30.4 Å². The number of likely N-dealkylation sites (tertiary alicyclic amines) is 1. The van der Waals surface area contributed by atoms with Gasteiger partial charge in [0.25, 0.3) is 0 Å². The van der Waals surface area contributed by atoms with E-state index in [1.165, 1.54) is 0 Å². The Morgan fingerprint density at radius 2 is 1.70 bits per heavy atom. The molecule has 2 aromatic heterocycles. The summed E-state index contributed by atoms with van der Waals surface area (Å²) in [6, 6.07) is 3.77. The molecule has 4 aromatic rings. The third kappa shape index (κ3) is 6.14. The molecule has 2 N–H and O–H groups in total. The van der Waals surface area contributed by atoms with E-state index in [9.17, 15) is 18.0 Å². The van der Waals surface area contributed by atoms with Gasteiger partial charge in [-0.05, 0) is 57.7 Å². The van der Waals surface area contributed by atoms with Crippen LogP contribution in [0.25, 0.3) is 32.9 Å². The van der Waals surface area contributed by atoms with Crippen molar-refractivity contribution in [2.24, 2.45) is 0 Å². The first kappa shape index (κ1) is 31.7. The Bertz CT molecular complexity index is 1820. The number of aryl methyl sites for hydroxylation is 1. The highest BCUT2D eigenvalue weighted by molar-refractivity contribution is 6.38. The summed E-state index contributed by atoms with van der Waals surface area (Å²) in [5.74, 6) is -2.37. The topological polar surface area (TPSA) is 118 Å². The summed E-state index contributed by atoms with van der Waals surface area (Å²) >= 11 is 7.15. The Kier molecular flexibility index (Phi) is 8.51. The number of rotatable bonds is 7. The van der Waals surface area contributed by atoms with Gasteiger partial charge in [0.1, 0.15) is 17.4 Å². The zero-order valence-corrected chi connectivity index (χ0v) is 26.8. The molecule has 250 valence electrons. The van der Waals surface area contributed by atoms with Gasteiger partial charge in [0, 0.05) is 55.8 Å². The fraction of sp³-hybridized carbons (Fsp3) is 0.500. The number of hydrogen-bond acceptors (Lipinski definition) is 10. The molecule has 0 bridgehead atoms. The van der Waals surface area contributed by atoms with Crippen molar-refractivity contribution in [3.05, 3.63) is 28.9 Å². The molecular formula is C32H35ClF3N7O4. The fourth-order valence-corrected chi connectivity index (χ4v) is 6.67. The monoisotopic (exact) mass is 673 g/mol. The lowest BCUT2D eigenvalue weighted by Gasteiger charge is -2.33. The fourth-order valence-electron chi connectivity index (χ4n) is 6.35. The molecule has 2 aromatic carbocycles. The molecule has 1 saturated carbocycles. The Balaban J connectivity index is 1.55. The molecular weight excluding hydrogens is 639 g/mol. The number of aromatic amines is 1. The number of ether oxygens (including phenoxy) is 3. The summed E-state index contributed by atoms with van der Waals surface area (Å²) in [4.78, 5) is 26.3. The lowest BCUT2D eigenvalue weighted by Crippen LogP contribution is -2.44. The van der Waals surface area contributed by atoms with Crippen molar-refractivity contribution in [3.63, 3.8) is 0 Å². The summed E-state index contributed by atoms with van der Waals surface area (Å²) in [6.07, 6.45) is 0.0538. The second kappa shape index (κ2) is 12.6. The third-order valence-electron chi connectivity index (χ3n) is 9.16. The van der Waals surface area contributed by atoms with E-state index < -0.39 is 17.9 Å². The number of nitrogens with zero attached hydrogens (tertiary/aromatic N) is 5. The minimum atomic E-state index is -5.29. The number of benzene rings is 2. The number of H-pyrrole nitrogens is 1. The number of esters is 1. The molecule has 2 saturated heterocycles. The van der Waals surface area contributed by atoms with Crippen LogP contribution in [0.4, 0.5) is 19.0 Å². The SMILES string of the molecule is Cc1ccc2[nH]ncc2c1-c1c(Cl)c(OC(=O)C(F)(F)F)c2c(N3CCNCC3)nc(OC3CCN(C)CC3)nc2c1OC1CCC1. The summed E-state index contributed by atoms with van der Waals surface area (Å²) in [5.41, 5.74) is 2.43. The van der Waals surface area contributed by atoms with Crippen LogP contribution in [-0.4, -0.2) is 95.7 Å². The van der Waals surface area contributed by atoms with Crippen LogP contribution in [-0.2, 0) is 4.79 Å². The van der Waals surface area contributed by atoms with Crippen molar-refractivity contribution >= 4 is 45.2 Å². The lowest BCUT2D eigenvalue weighted by molar-refractivity contribution is -0.189. The number of carbonyl (C=O) groups excluding carboxylic acids is 1. The number of nitrogens with one attached hydrogen (secondary N) is 2. The van der Waals surface area contributed by atoms with Gasteiger partial charge in [-0.1, -0.05) is 17.7 Å². The second-order valence-electron chi connectivity index (χ2n) is 12.4. The first-order valence-electron chi connectivity index (χ1n) is 15.8. The lowest BCUT2D eigenvalue weighted by atomic mass is 9.93. The largest absolute Gasteiger partial charge is 0.491 e. The maximum atomic E-state index is 13.8. The average Bonchev–Trinajstić information content (AvgIpc) is 3.51. The smallest absolute Gasteiger partial charge is 0.487 e. The maximum absolute atomic E-state index is 13.8. The Labute approximate surface area is 273 Å². The predicted octanol–water partition coefficient (Wildman–Crippen LogP) is 5.42. The van der Waals surface area contributed by atoms with Gasteiger partial charge in [0.15, 0.2) is 11.5 Å². The second-order valence-corrected chi connectivity index (χ2v) is 12.8. The minimum Gasteiger partial charge on any atom is -0.487 e. The number of anilines is 1. The van der Waals surface area contributed by atoms with E-state index in [2.05, 4.69) is 20.4 Å².